The third kappa shape index (κ3) is 5.46. The van der Waals surface area contributed by atoms with Gasteiger partial charge in [0, 0.05) is 6.54 Å². The quantitative estimate of drug-likeness (QED) is 0.348. The lowest BCUT2D eigenvalue weighted by Crippen LogP contribution is -2.53. The molecule has 38 heavy (non-hydrogen) atoms. The summed E-state index contributed by atoms with van der Waals surface area (Å²) in [4.78, 5) is 12.5. The van der Waals surface area contributed by atoms with Gasteiger partial charge < -0.3 is 10.1 Å². The predicted octanol–water partition coefficient (Wildman–Crippen LogP) is 9.18. The van der Waals surface area contributed by atoms with Crippen LogP contribution >= 0.6 is 0 Å². The summed E-state index contributed by atoms with van der Waals surface area (Å²) in [5.74, 6) is 5.81. The molecular weight excluding hydrogens is 466 g/mol. The number of ether oxygens (including phenoxy) is 1. The summed E-state index contributed by atoms with van der Waals surface area (Å²) in [6.45, 7) is 13.0. The van der Waals surface area contributed by atoms with Crippen molar-refractivity contribution in [1.82, 2.24) is 5.32 Å². The van der Waals surface area contributed by atoms with Crippen molar-refractivity contribution in [2.45, 2.75) is 111 Å². The average Bonchev–Trinajstić information content (AvgIpc) is 3.25. The molecule has 1 aromatic carbocycles. The minimum Gasteiger partial charge on any atom is -0.442 e. The van der Waals surface area contributed by atoms with Gasteiger partial charge in [0.15, 0.2) is 0 Å². The highest BCUT2D eigenvalue weighted by molar-refractivity contribution is 5.67. The number of alkyl carbamates (subject to hydrolysis) is 1. The summed E-state index contributed by atoms with van der Waals surface area (Å²) in [5.41, 5.74) is 1.89. The maximum atomic E-state index is 12.5. The van der Waals surface area contributed by atoms with Gasteiger partial charge in [-0.2, -0.15) is 0 Å². The molecule has 1 N–H and O–H groups in total. The molecule has 3 nitrogen and oxygen atoms in total. The van der Waals surface area contributed by atoms with Gasteiger partial charge in [-0.25, -0.2) is 4.79 Å². The second kappa shape index (κ2) is 11.4. The number of benzene rings is 1. The van der Waals surface area contributed by atoms with Gasteiger partial charge in [-0.15, -0.1) is 0 Å². The first-order valence-electron chi connectivity index (χ1n) is 15.9. The van der Waals surface area contributed by atoms with Crippen LogP contribution in [-0.4, -0.2) is 12.2 Å². The summed E-state index contributed by atoms with van der Waals surface area (Å²) in [6.07, 6.45) is 17.9. The Bertz CT molecular complexity index is 971. The van der Waals surface area contributed by atoms with Crippen LogP contribution < -0.4 is 5.32 Å². The highest BCUT2D eigenvalue weighted by Gasteiger charge is 2.60. The van der Waals surface area contributed by atoms with Gasteiger partial charge in [0.25, 0.3) is 0 Å². The molecule has 0 radical (unpaired) electrons. The Hall–Kier alpha value is -1.77. The largest absolute Gasteiger partial charge is 0.442 e. The first kappa shape index (κ1) is 27.8. The van der Waals surface area contributed by atoms with Crippen LogP contribution in [0, 0.1) is 52.3 Å². The maximum absolute atomic E-state index is 12.5. The second-order valence-electron chi connectivity index (χ2n) is 14.4. The fraction of sp³-hybridized carbons (Fsp3) is 0.743. The average molecular weight is 520 g/mol. The zero-order valence-corrected chi connectivity index (χ0v) is 24.8. The van der Waals surface area contributed by atoms with Crippen molar-refractivity contribution in [2.75, 3.05) is 0 Å². The Morgan fingerprint density at radius 2 is 1.79 bits per heavy atom. The number of allylic oxidation sites excluding steroid dienone is 1. The molecule has 0 spiro atoms. The van der Waals surface area contributed by atoms with Crippen LogP contribution in [0.5, 0.6) is 0 Å². The van der Waals surface area contributed by atoms with Crippen molar-refractivity contribution in [2.24, 2.45) is 52.3 Å². The van der Waals surface area contributed by atoms with Crippen LogP contribution in [0.2, 0.25) is 0 Å². The lowest BCUT2D eigenvalue weighted by Gasteiger charge is -2.59. The zero-order chi connectivity index (χ0) is 26.9. The molecule has 4 aliphatic carbocycles. The van der Waals surface area contributed by atoms with Crippen LogP contribution in [0.4, 0.5) is 4.79 Å². The van der Waals surface area contributed by atoms with Crippen LogP contribution in [0.15, 0.2) is 42.5 Å². The Morgan fingerprint density at radius 1 is 1.00 bits per heavy atom. The van der Waals surface area contributed by atoms with E-state index in [2.05, 4.69) is 52.1 Å². The maximum Gasteiger partial charge on any atom is 0.407 e. The molecular formula is C35H53NO2. The normalized spacial score (nSPS) is 38.7. The highest BCUT2D eigenvalue weighted by Crippen LogP contribution is 2.67. The predicted molar refractivity (Wildman–Crippen MR) is 157 cm³/mol. The number of fused-ring (bicyclic) bond motifs is 5. The van der Waals surface area contributed by atoms with E-state index in [0.717, 1.165) is 47.5 Å². The van der Waals surface area contributed by atoms with Gasteiger partial charge in [0.05, 0.1) is 0 Å². The van der Waals surface area contributed by atoms with Crippen molar-refractivity contribution in [3.05, 3.63) is 48.0 Å². The molecule has 1 amide bonds. The summed E-state index contributed by atoms with van der Waals surface area (Å²) in [7, 11) is 0. The molecule has 210 valence electrons. The first-order chi connectivity index (χ1) is 18.2. The second-order valence-corrected chi connectivity index (χ2v) is 14.4. The Balaban J connectivity index is 1.20. The molecule has 0 unspecified atom stereocenters. The van der Waals surface area contributed by atoms with Gasteiger partial charge in [0.1, 0.15) is 6.10 Å². The molecule has 0 heterocycles. The van der Waals surface area contributed by atoms with Crippen LogP contribution in [0.25, 0.3) is 0 Å². The minimum absolute atomic E-state index is 0.100. The van der Waals surface area contributed by atoms with Gasteiger partial charge in [-0.3, -0.25) is 0 Å². The molecule has 9 atom stereocenters. The standard InChI is InChI=1S/C35H53NO2/c1-24(2)10-9-11-25(3)30-16-17-31-29-15-14-27-22-28(38-33(37)36-23-26-12-7-6-8-13-26)18-20-34(27,4)32(29)19-21-35(30,31)5/h6-8,12-13,18,20,24-25,27-32H,9-11,14-17,19,21-23H2,1-5H3,(H,36,37)/t25-,27+,28+,29+,30-,31+,32+,34+,35-/m1/s1. The lowest BCUT2D eigenvalue weighted by atomic mass is 9.45. The number of hydrogen-bond acceptors (Lipinski definition) is 2. The molecule has 0 aromatic heterocycles. The molecule has 3 heteroatoms. The van der Waals surface area contributed by atoms with E-state index in [-0.39, 0.29) is 17.6 Å². The SMILES string of the molecule is CC(C)CCC[C@@H](C)[C@H]1CC[C@H]2[C@@H]3CC[C@H]4C[C@@H](OC(=O)NCc5ccccc5)C=C[C@]4(C)[C@H]3CC[C@]12C. The number of carbonyl (C=O) groups is 1. The summed E-state index contributed by atoms with van der Waals surface area (Å²) in [5, 5.41) is 2.94. The van der Waals surface area contributed by atoms with Gasteiger partial charge in [-0.05, 0) is 109 Å². The molecule has 0 aliphatic heterocycles. The smallest absolute Gasteiger partial charge is 0.407 e. The van der Waals surface area contributed by atoms with E-state index < -0.39 is 0 Å². The zero-order valence-electron chi connectivity index (χ0n) is 24.8. The van der Waals surface area contributed by atoms with Crippen molar-refractivity contribution in [1.29, 1.82) is 0 Å². The monoisotopic (exact) mass is 519 g/mol. The third-order valence-electron chi connectivity index (χ3n) is 11.9. The number of amides is 1. The Kier molecular flexibility index (Phi) is 8.32. The first-order valence-corrected chi connectivity index (χ1v) is 15.9. The molecule has 5 rings (SSSR count). The third-order valence-corrected chi connectivity index (χ3v) is 11.9. The molecule has 3 fully saturated rings. The van der Waals surface area contributed by atoms with E-state index in [1.54, 1.807) is 0 Å². The van der Waals surface area contributed by atoms with Crippen LogP contribution in [0.1, 0.15) is 104 Å². The Morgan fingerprint density at radius 3 is 2.55 bits per heavy atom. The highest BCUT2D eigenvalue weighted by atomic mass is 16.6. The van der Waals surface area contributed by atoms with Crippen molar-refractivity contribution in [3.63, 3.8) is 0 Å². The van der Waals surface area contributed by atoms with Crippen molar-refractivity contribution >= 4 is 6.09 Å². The summed E-state index contributed by atoms with van der Waals surface area (Å²) < 4.78 is 5.88. The van der Waals surface area contributed by atoms with E-state index in [1.807, 2.05) is 30.3 Å². The van der Waals surface area contributed by atoms with E-state index in [0.29, 0.717) is 17.9 Å². The molecule has 0 bridgehead atoms. The fourth-order valence-electron chi connectivity index (χ4n) is 9.84. The van der Waals surface area contributed by atoms with E-state index >= 15 is 0 Å². The van der Waals surface area contributed by atoms with E-state index in [1.165, 1.54) is 57.8 Å². The number of nitrogens with one attached hydrogen (secondary N) is 1. The molecule has 3 saturated carbocycles. The van der Waals surface area contributed by atoms with Crippen LogP contribution in [-0.2, 0) is 11.3 Å². The lowest BCUT2D eigenvalue weighted by molar-refractivity contribution is -0.0911. The van der Waals surface area contributed by atoms with Crippen molar-refractivity contribution < 1.29 is 9.53 Å². The fourth-order valence-corrected chi connectivity index (χ4v) is 9.84. The number of carbonyl (C=O) groups excluding carboxylic acids is 1. The van der Waals surface area contributed by atoms with Crippen LogP contribution in [0.3, 0.4) is 0 Å². The van der Waals surface area contributed by atoms with E-state index in [9.17, 15) is 4.79 Å². The van der Waals surface area contributed by atoms with Gasteiger partial charge in [0.2, 0.25) is 0 Å². The number of hydrogen-bond donors (Lipinski definition) is 1. The van der Waals surface area contributed by atoms with Gasteiger partial charge in [-0.1, -0.05) is 90.3 Å². The molecule has 1 aromatic rings. The minimum atomic E-state index is -0.297. The molecule has 4 aliphatic rings. The van der Waals surface area contributed by atoms with Crippen molar-refractivity contribution in [3.8, 4) is 0 Å². The summed E-state index contributed by atoms with van der Waals surface area (Å²) >= 11 is 0. The number of rotatable bonds is 8. The Labute approximate surface area is 232 Å². The van der Waals surface area contributed by atoms with E-state index in [4.69, 9.17) is 4.74 Å². The summed E-state index contributed by atoms with van der Waals surface area (Å²) in [6, 6.07) is 10.0. The van der Waals surface area contributed by atoms with Gasteiger partial charge >= 0.3 is 6.09 Å². The topological polar surface area (TPSA) is 38.3 Å². The molecule has 0 saturated heterocycles.